The number of thiazole rings is 1. The standard InChI is InChI=1S/C21H19N5O3S2/c1-12-10-17(26-29-12)23-18(27)11-30-19-9-8-16(24-25-19)20-13(2)22-21(31-20)14-4-6-15(28-3)7-5-14/h4-10H,11H2,1-3H3,(H,23,26,27). The van der Waals surface area contributed by atoms with Crippen molar-refractivity contribution in [3.8, 4) is 26.9 Å². The molecule has 1 amide bonds. The summed E-state index contributed by atoms with van der Waals surface area (Å²) in [6.07, 6.45) is 0. The fourth-order valence-corrected chi connectivity index (χ4v) is 4.40. The Labute approximate surface area is 187 Å². The minimum absolute atomic E-state index is 0.188. The van der Waals surface area contributed by atoms with E-state index in [0.29, 0.717) is 16.6 Å². The van der Waals surface area contributed by atoms with Crippen LogP contribution < -0.4 is 10.1 Å². The topological polar surface area (TPSA) is 103 Å². The number of hydrogen-bond acceptors (Lipinski definition) is 9. The number of nitrogens with one attached hydrogen (secondary N) is 1. The maximum atomic E-state index is 12.0. The molecule has 0 aliphatic carbocycles. The molecule has 1 aromatic carbocycles. The highest BCUT2D eigenvalue weighted by molar-refractivity contribution is 7.99. The van der Waals surface area contributed by atoms with Gasteiger partial charge in [-0.3, -0.25) is 4.79 Å². The van der Waals surface area contributed by atoms with Crippen molar-refractivity contribution in [2.75, 3.05) is 18.2 Å². The number of methoxy groups -OCH3 is 1. The van der Waals surface area contributed by atoms with Gasteiger partial charge < -0.3 is 14.6 Å². The molecule has 0 saturated heterocycles. The van der Waals surface area contributed by atoms with Gasteiger partial charge in [-0.25, -0.2) is 4.98 Å². The predicted molar refractivity (Wildman–Crippen MR) is 120 cm³/mol. The number of anilines is 1. The zero-order valence-corrected chi connectivity index (χ0v) is 18.7. The van der Waals surface area contributed by atoms with Gasteiger partial charge in [-0.15, -0.1) is 21.5 Å². The summed E-state index contributed by atoms with van der Waals surface area (Å²) in [6, 6.07) is 13.2. The fraction of sp³-hybridized carbons (Fsp3) is 0.190. The van der Waals surface area contributed by atoms with E-state index in [1.807, 2.05) is 43.3 Å². The van der Waals surface area contributed by atoms with Crippen molar-refractivity contribution in [1.82, 2.24) is 20.3 Å². The molecule has 0 aliphatic rings. The zero-order chi connectivity index (χ0) is 21.8. The lowest BCUT2D eigenvalue weighted by atomic mass is 10.2. The minimum atomic E-state index is -0.188. The molecule has 4 aromatic rings. The van der Waals surface area contributed by atoms with Crippen molar-refractivity contribution in [3.63, 3.8) is 0 Å². The quantitative estimate of drug-likeness (QED) is 0.405. The summed E-state index contributed by atoms with van der Waals surface area (Å²) in [5.74, 6) is 1.85. The number of benzene rings is 1. The number of carbonyl (C=O) groups is 1. The molecule has 10 heteroatoms. The molecular weight excluding hydrogens is 434 g/mol. The van der Waals surface area contributed by atoms with Crippen molar-refractivity contribution < 1.29 is 14.1 Å². The number of rotatable bonds is 7. The van der Waals surface area contributed by atoms with E-state index in [9.17, 15) is 4.79 Å². The van der Waals surface area contributed by atoms with Gasteiger partial charge in [-0.1, -0.05) is 16.9 Å². The summed E-state index contributed by atoms with van der Waals surface area (Å²) in [5.41, 5.74) is 2.67. The van der Waals surface area contributed by atoms with Gasteiger partial charge in [-0.2, -0.15) is 0 Å². The van der Waals surface area contributed by atoms with Crippen LogP contribution in [-0.2, 0) is 4.79 Å². The van der Waals surface area contributed by atoms with Crippen molar-refractivity contribution in [2.24, 2.45) is 0 Å². The third-order valence-electron chi connectivity index (χ3n) is 4.25. The Kier molecular flexibility index (Phi) is 6.28. The monoisotopic (exact) mass is 453 g/mol. The largest absolute Gasteiger partial charge is 0.497 e. The second kappa shape index (κ2) is 9.27. The first-order chi connectivity index (χ1) is 15.0. The van der Waals surface area contributed by atoms with E-state index in [0.717, 1.165) is 32.6 Å². The van der Waals surface area contributed by atoms with Crippen LogP contribution in [0.25, 0.3) is 21.1 Å². The molecule has 0 atom stereocenters. The summed E-state index contributed by atoms with van der Waals surface area (Å²) >= 11 is 2.87. The predicted octanol–water partition coefficient (Wildman–Crippen LogP) is 4.61. The van der Waals surface area contributed by atoms with E-state index < -0.39 is 0 Å². The SMILES string of the molecule is COc1ccc(-c2nc(C)c(-c3ccc(SCC(=O)Nc4cc(C)on4)nn3)s2)cc1. The van der Waals surface area contributed by atoms with E-state index in [2.05, 4.69) is 25.7 Å². The molecule has 8 nitrogen and oxygen atoms in total. The van der Waals surface area contributed by atoms with Crippen molar-refractivity contribution in [2.45, 2.75) is 18.9 Å². The molecule has 0 saturated carbocycles. The molecular formula is C21H19N5O3S2. The molecule has 3 heterocycles. The van der Waals surface area contributed by atoms with Gasteiger partial charge in [0.2, 0.25) is 5.91 Å². The molecule has 158 valence electrons. The lowest BCUT2D eigenvalue weighted by Gasteiger charge is -2.02. The first-order valence-electron chi connectivity index (χ1n) is 9.34. The minimum Gasteiger partial charge on any atom is -0.497 e. The van der Waals surface area contributed by atoms with Gasteiger partial charge in [0.15, 0.2) is 5.82 Å². The number of aryl methyl sites for hydroxylation is 2. The first-order valence-corrected chi connectivity index (χ1v) is 11.1. The summed E-state index contributed by atoms with van der Waals surface area (Å²) < 4.78 is 10.1. The number of nitrogens with zero attached hydrogens (tertiary/aromatic N) is 4. The number of carbonyl (C=O) groups excluding carboxylic acids is 1. The normalized spacial score (nSPS) is 10.8. The molecule has 0 aliphatic heterocycles. The summed E-state index contributed by atoms with van der Waals surface area (Å²) in [6.45, 7) is 3.72. The summed E-state index contributed by atoms with van der Waals surface area (Å²) in [4.78, 5) is 17.7. The maximum absolute atomic E-state index is 12.0. The molecule has 1 N–H and O–H groups in total. The zero-order valence-electron chi connectivity index (χ0n) is 17.1. The van der Waals surface area contributed by atoms with Crippen molar-refractivity contribution in [1.29, 1.82) is 0 Å². The van der Waals surface area contributed by atoms with Crippen molar-refractivity contribution >= 4 is 34.8 Å². The molecule has 0 bridgehead atoms. The van der Waals surface area contributed by atoms with Gasteiger partial charge in [0.1, 0.15) is 27.2 Å². The van der Waals surface area contributed by atoms with E-state index in [1.54, 1.807) is 31.4 Å². The van der Waals surface area contributed by atoms with Crippen LogP contribution in [0.2, 0.25) is 0 Å². The Morgan fingerprint density at radius 1 is 1.16 bits per heavy atom. The molecule has 3 aromatic heterocycles. The highest BCUT2D eigenvalue weighted by Crippen LogP contribution is 2.35. The van der Waals surface area contributed by atoms with Gasteiger partial charge >= 0.3 is 0 Å². The second-order valence-corrected chi connectivity index (χ2v) is 8.57. The van der Waals surface area contributed by atoms with Crippen LogP contribution in [-0.4, -0.2) is 39.1 Å². The molecule has 0 spiro atoms. The van der Waals surface area contributed by atoms with Gasteiger partial charge in [0.05, 0.1) is 23.4 Å². The highest BCUT2D eigenvalue weighted by Gasteiger charge is 2.14. The average Bonchev–Trinajstić information content (AvgIpc) is 3.38. The lowest BCUT2D eigenvalue weighted by Crippen LogP contribution is -2.14. The van der Waals surface area contributed by atoms with Crippen molar-refractivity contribution in [3.05, 3.63) is 53.9 Å². The average molecular weight is 454 g/mol. The van der Waals surface area contributed by atoms with E-state index in [4.69, 9.17) is 9.26 Å². The van der Waals surface area contributed by atoms with Crippen LogP contribution in [0.15, 0.2) is 52.0 Å². The number of amides is 1. The third-order valence-corrected chi connectivity index (χ3v) is 6.40. The third kappa shape index (κ3) is 5.09. The van der Waals surface area contributed by atoms with E-state index >= 15 is 0 Å². The van der Waals surface area contributed by atoms with Crippen LogP contribution in [0.5, 0.6) is 5.75 Å². The lowest BCUT2D eigenvalue weighted by molar-refractivity contribution is -0.113. The first kappa shape index (κ1) is 21.0. The van der Waals surface area contributed by atoms with Crippen LogP contribution in [0.4, 0.5) is 5.82 Å². The van der Waals surface area contributed by atoms with E-state index in [-0.39, 0.29) is 11.7 Å². The summed E-state index contributed by atoms with van der Waals surface area (Å²) in [7, 11) is 1.64. The van der Waals surface area contributed by atoms with Gasteiger partial charge in [0.25, 0.3) is 0 Å². The Balaban J connectivity index is 1.40. The summed E-state index contributed by atoms with van der Waals surface area (Å²) in [5, 5.41) is 16.6. The molecule has 31 heavy (non-hydrogen) atoms. The Bertz CT molecular complexity index is 1190. The fourth-order valence-electron chi connectivity index (χ4n) is 2.75. The molecule has 0 radical (unpaired) electrons. The maximum Gasteiger partial charge on any atom is 0.236 e. The number of thioether (sulfide) groups is 1. The Morgan fingerprint density at radius 2 is 1.97 bits per heavy atom. The highest BCUT2D eigenvalue weighted by atomic mass is 32.2. The van der Waals surface area contributed by atoms with Crippen LogP contribution >= 0.6 is 23.1 Å². The molecule has 0 unspecified atom stereocenters. The van der Waals surface area contributed by atoms with E-state index in [1.165, 1.54) is 11.8 Å². The number of ether oxygens (including phenoxy) is 1. The van der Waals surface area contributed by atoms with Crippen LogP contribution in [0.1, 0.15) is 11.5 Å². The molecule has 4 rings (SSSR count). The van der Waals surface area contributed by atoms with Crippen LogP contribution in [0.3, 0.4) is 0 Å². The van der Waals surface area contributed by atoms with Gasteiger partial charge in [-0.05, 0) is 50.2 Å². The van der Waals surface area contributed by atoms with Crippen LogP contribution in [0, 0.1) is 13.8 Å². The Hall–Kier alpha value is -3.24. The van der Waals surface area contributed by atoms with Gasteiger partial charge in [0, 0.05) is 11.6 Å². The second-order valence-electron chi connectivity index (χ2n) is 6.58. The smallest absolute Gasteiger partial charge is 0.236 e. The molecule has 0 fully saturated rings. The number of hydrogen-bond donors (Lipinski definition) is 1. The Morgan fingerprint density at radius 3 is 2.61 bits per heavy atom. The number of aromatic nitrogens is 4.